The monoisotopic (exact) mass is 167 g/mol. The number of nitrogens with two attached hydrogens (primary N) is 1. The predicted octanol–water partition coefficient (Wildman–Crippen LogP) is -0.400. The lowest BCUT2D eigenvalue weighted by Gasteiger charge is -2.03. The number of primary amides is 1. The van der Waals surface area contributed by atoms with Crippen LogP contribution in [0.3, 0.4) is 0 Å². The Bertz CT molecular complexity index is 267. The van der Waals surface area contributed by atoms with Crippen molar-refractivity contribution in [1.29, 1.82) is 0 Å². The normalized spacial score (nSPS) is 10.1. The third kappa shape index (κ3) is 2.39. The first-order valence-corrected chi connectivity index (χ1v) is 3.79. The highest BCUT2D eigenvalue weighted by molar-refractivity contribution is 5.75. The van der Waals surface area contributed by atoms with Crippen LogP contribution in [0.1, 0.15) is 5.69 Å². The molecule has 3 N–H and O–H groups in total. The Balaban J connectivity index is 2.33. The molecule has 4 heteroatoms. The lowest BCUT2D eigenvalue weighted by Crippen LogP contribution is -2.28. The van der Waals surface area contributed by atoms with Crippen LogP contribution in [-0.2, 0) is 18.4 Å². The summed E-state index contributed by atoms with van der Waals surface area (Å²) in [5.41, 5.74) is 6.10. The molecule has 0 saturated heterocycles. The molecule has 0 saturated carbocycles. The van der Waals surface area contributed by atoms with Crippen LogP contribution < -0.4 is 11.1 Å². The fourth-order valence-corrected chi connectivity index (χ4v) is 0.994. The Hall–Kier alpha value is -1.29. The van der Waals surface area contributed by atoms with Crippen LogP contribution in [0, 0.1) is 0 Å². The number of aryl methyl sites for hydroxylation is 1. The smallest absolute Gasteiger partial charge is 0.231 e. The molecule has 0 atom stereocenters. The van der Waals surface area contributed by atoms with Gasteiger partial charge in [0.2, 0.25) is 5.91 Å². The molecular formula is C8H13N3O. The molecule has 0 unspecified atom stereocenters. The molecule has 0 spiro atoms. The maximum atomic E-state index is 10.4. The standard InChI is InChI=1S/C8H13N3O/c1-11-4-2-3-7(11)5-10-6-8(9)12/h2-4,10H,5-6H2,1H3,(H2,9,12). The highest BCUT2D eigenvalue weighted by Gasteiger charge is 1.96. The molecule has 1 amide bonds. The Morgan fingerprint density at radius 1 is 1.75 bits per heavy atom. The van der Waals surface area contributed by atoms with E-state index in [0.717, 1.165) is 5.69 Å². The number of carbonyl (C=O) groups excluding carboxylic acids is 1. The Morgan fingerprint density at radius 2 is 2.50 bits per heavy atom. The summed E-state index contributed by atoms with van der Waals surface area (Å²) in [5.74, 6) is -0.329. The van der Waals surface area contributed by atoms with Crippen molar-refractivity contribution in [1.82, 2.24) is 9.88 Å². The minimum atomic E-state index is -0.329. The summed E-state index contributed by atoms with van der Waals surface area (Å²) in [6.07, 6.45) is 1.96. The highest BCUT2D eigenvalue weighted by atomic mass is 16.1. The van der Waals surface area contributed by atoms with Gasteiger partial charge in [0.15, 0.2) is 0 Å². The number of hydrogen-bond donors (Lipinski definition) is 2. The van der Waals surface area contributed by atoms with Gasteiger partial charge in [0, 0.05) is 25.5 Å². The fraction of sp³-hybridized carbons (Fsp3) is 0.375. The minimum absolute atomic E-state index is 0.227. The number of carbonyl (C=O) groups is 1. The van der Waals surface area contributed by atoms with Gasteiger partial charge in [-0.1, -0.05) is 0 Å². The van der Waals surface area contributed by atoms with E-state index in [4.69, 9.17) is 5.73 Å². The topological polar surface area (TPSA) is 60.1 Å². The van der Waals surface area contributed by atoms with E-state index in [-0.39, 0.29) is 12.5 Å². The number of amides is 1. The molecular weight excluding hydrogens is 154 g/mol. The molecule has 0 fully saturated rings. The fourth-order valence-electron chi connectivity index (χ4n) is 0.994. The maximum absolute atomic E-state index is 10.4. The second-order valence-corrected chi connectivity index (χ2v) is 2.68. The number of aromatic nitrogens is 1. The summed E-state index contributed by atoms with van der Waals surface area (Å²) < 4.78 is 1.99. The SMILES string of the molecule is Cn1cccc1CNCC(N)=O. The second kappa shape index (κ2) is 3.92. The van der Waals surface area contributed by atoms with Crippen LogP contribution in [-0.4, -0.2) is 17.0 Å². The van der Waals surface area contributed by atoms with Crippen molar-refractivity contribution in [3.8, 4) is 0 Å². The van der Waals surface area contributed by atoms with Crippen LogP contribution in [0.2, 0.25) is 0 Å². The van der Waals surface area contributed by atoms with Crippen molar-refractivity contribution in [2.45, 2.75) is 6.54 Å². The molecule has 0 radical (unpaired) electrons. The van der Waals surface area contributed by atoms with E-state index in [9.17, 15) is 4.79 Å². The number of nitrogens with one attached hydrogen (secondary N) is 1. The average molecular weight is 167 g/mol. The van der Waals surface area contributed by atoms with E-state index in [0.29, 0.717) is 6.54 Å². The Kier molecular flexibility index (Phi) is 2.88. The van der Waals surface area contributed by atoms with Gasteiger partial charge in [0.25, 0.3) is 0 Å². The van der Waals surface area contributed by atoms with Crippen molar-refractivity contribution in [3.05, 3.63) is 24.0 Å². The zero-order valence-electron chi connectivity index (χ0n) is 7.08. The molecule has 1 aromatic heterocycles. The lowest BCUT2D eigenvalue weighted by molar-refractivity contribution is -0.117. The van der Waals surface area contributed by atoms with Crippen LogP contribution in [0.15, 0.2) is 18.3 Å². The van der Waals surface area contributed by atoms with Gasteiger partial charge in [-0.3, -0.25) is 4.79 Å². The minimum Gasteiger partial charge on any atom is -0.369 e. The van der Waals surface area contributed by atoms with E-state index in [1.807, 2.05) is 29.9 Å². The van der Waals surface area contributed by atoms with Crippen LogP contribution in [0.25, 0.3) is 0 Å². The third-order valence-electron chi connectivity index (χ3n) is 1.66. The van der Waals surface area contributed by atoms with E-state index in [1.165, 1.54) is 0 Å². The molecule has 0 bridgehead atoms. The Labute approximate surface area is 71.4 Å². The molecule has 0 aliphatic carbocycles. The molecule has 0 aliphatic heterocycles. The van der Waals surface area contributed by atoms with Gasteiger partial charge >= 0.3 is 0 Å². The molecule has 0 aromatic carbocycles. The van der Waals surface area contributed by atoms with Crippen molar-refractivity contribution >= 4 is 5.91 Å². The summed E-state index contributed by atoms with van der Waals surface area (Å²) in [7, 11) is 1.96. The van der Waals surface area contributed by atoms with Gasteiger partial charge in [-0.15, -0.1) is 0 Å². The lowest BCUT2D eigenvalue weighted by atomic mass is 10.4. The van der Waals surface area contributed by atoms with E-state index in [1.54, 1.807) is 0 Å². The number of nitrogens with zero attached hydrogens (tertiary/aromatic N) is 1. The van der Waals surface area contributed by atoms with Crippen LogP contribution in [0.4, 0.5) is 0 Å². The van der Waals surface area contributed by atoms with Gasteiger partial charge < -0.3 is 15.6 Å². The van der Waals surface area contributed by atoms with E-state index in [2.05, 4.69) is 5.32 Å². The van der Waals surface area contributed by atoms with Gasteiger partial charge in [0.1, 0.15) is 0 Å². The van der Waals surface area contributed by atoms with Crippen molar-refractivity contribution in [2.75, 3.05) is 6.54 Å². The quantitative estimate of drug-likeness (QED) is 0.641. The molecule has 1 rings (SSSR count). The zero-order valence-corrected chi connectivity index (χ0v) is 7.08. The summed E-state index contributed by atoms with van der Waals surface area (Å²) in [6, 6.07) is 3.95. The number of rotatable bonds is 4. The zero-order chi connectivity index (χ0) is 8.97. The Morgan fingerprint density at radius 3 is 3.00 bits per heavy atom. The largest absolute Gasteiger partial charge is 0.369 e. The van der Waals surface area contributed by atoms with E-state index < -0.39 is 0 Å². The molecule has 12 heavy (non-hydrogen) atoms. The van der Waals surface area contributed by atoms with Crippen molar-refractivity contribution in [3.63, 3.8) is 0 Å². The first-order valence-electron chi connectivity index (χ1n) is 3.79. The van der Waals surface area contributed by atoms with Crippen molar-refractivity contribution < 1.29 is 4.79 Å². The van der Waals surface area contributed by atoms with Crippen LogP contribution in [0.5, 0.6) is 0 Å². The first-order chi connectivity index (χ1) is 5.70. The van der Waals surface area contributed by atoms with E-state index >= 15 is 0 Å². The van der Waals surface area contributed by atoms with Gasteiger partial charge in [0.05, 0.1) is 6.54 Å². The molecule has 0 aliphatic rings. The van der Waals surface area contributed by atoms with Gasteiger partial charge in [-0.2, -0.15) is 0 Å². The predicted molar refractivity (Wildman–Crippen MR) is 46.3 cm³/mol. The molecule has 1 heterocycles. The molecule has 66 valence electrons. The third-order valence-corrected chi connectivity index (χ3v) is 1.66. The first kappa shape index (κ1) is 8.80. The summed E-state index contributed by atoms with van der Waals surface area (Å²) in [4.78, 5) is 10.4. The maximum Gasteiger partial charge on any atom is 0.231 e. The van der Waals surface area contributed by atoms with Crippen molar-refractivity contribution in [2.24, 2.45) is 12.8 Å². The summed E-state index contributed by atoms with van der Waals surface area (Å²) in [6.45, 7) is 0.900. The second-order valence-electron chi connectivity index (χ2n) is 2.68. The molecule has 4 nitrogen and oxygen atoms in total. The highest BCUT2D eigenvalue weighted by Crippen LogP contribution is 1.97. The average Bonchev–Trinajstić information content (AvgIpc) is 2.36. The van der Waals surface area contributed by atoms with Gasteiger partial charge in [-0.25, -0.2) is 0 Å². The summed E-state index contributed by atoms with van der Waals surface area (Å²) in [5, 5.41) is 2.93. The number of hydrogen-bond acceptors (Lipinski definition) is 2. The van der Waals surface area contributed by atoms with Crippen LogP contribution >= 0.6 is 0 Å². The molecule has 1 aromatic rings. The summed E-state index contributed by atoms with van der Waals surface area (Å²) >= 11 is 0. The van der Waals surface area contributed by atoms with Gasteiger partial charge in [-0.05, 0) is 12.1 Å².